The molecule has 0 aromatic heterocycles. The van der Waals surface area contributed by atoms with Gasteiger partial charge in [0.1, 0.15) is 0 Å². The second kappa shape index (κ2) is 6.93. The lowest BCUT2D eigenvalue weighted by Gasteiger charge is -2.39. The van der Waals surface area contributed by atoms with Gasteiger partial charge < -0.3 is 10.6 Å². The Morgan fingerprint density at radius 2 is 1.70 bits per heavy atom. The maximum absolute atomic E-state index is 12.6. The summed E-state index contributed by atoms with van der Waals surface area (Å²) >= 11 is 0. The van der Waals surface area contributed by atoms with E-state index in [0.717, 1.165) is 25.8 Å². The van der Waals surface area contributed by atoms with Gasteiger partial charge in [0.25, 0.3) is 0 Å². The minimum Gasteiger partial charge on any atom is -0.353 e. The molecule has 3 heteroatoms. The molecule has 0 aliphatic heterocycles. The number of carbonyl (C=O) groups excluding carboxylic acids is 1. The molecule has 0 bridgehead atoms. The van der Waals surface area contributed by atoms with Crippen LogP contribution in [0.1, 0.15) is 72.1 Å². The van der Waals surface area contributed by atoms with E-state index in [1.807, 2.05) is 0 Å². The molecule has 116 valence electrons. The minimum absolute atomic E-state index is 0.184. The third-order valence-corrected chi connectivity index (χ3v) is 5.39. The van der Waals surface area contributed by atoms with Crippen LogP contribution in [0.2, 0.25) is 0 Å². The van der Waals surface area contributed by atoms with E-state index in [2.05, 4.69) is 31.4 Å². The third-order valence-electron chi connectivity index (χ3n) is 5.39. The fraction of sp³-hybridized carbons (Fsp3) is 0.941. The Hall–Kier alpha value is -0.570. The van der Waals surface area contributed by atoms with E-state index in [1.54, 1.807) is 0 Å². The van der Waals surface area contributed by atoms with E-state index in [-0.39, 0.29) is 11.3 Å². The van der Waals surface area contributed by atoms with Crippen LogP contribution < -0.4 is 10.6 Å². The zero-order chi connectivity index (χ0) is 14.6. The lowest BCUT2D eigenvalue weighted by molar-refractivity contribution is -0.131. The van der Waals surface area contributed by atoms with Gasteiger partial charge in [0.2, 0.25) is 5.91 Å². The van der Waals surface area contributed by atoms with E-state index in [9.17, 15) is 4.79 Å². The molecule has 0 radical (unpaired) electrons. The molecule has 2 aliphatic carbocycles. The second-order valence-corrected chi connectivity index (χ2v) is 7.40. The highest BCUT2D eigenvalue weighted by atomic mass is 16.2. The topological polar surface area (TPSA) is 41.1 Å². The van der Waals surface area contributed by atoms with Crippen molar-refractivity contribution in [3.05, 3.63) is 0 Å². The summed E-state index contributed by atoms with van der Waals surface area (Å²) in [6.07, 6.45) is 9.44. The number of rotatable bonds is 4. The second-order valence-electron chi connectivity index (χ2n) is 7.40. The number of hydrogen-bond acceptors (Lipinski definition) is 2. The summed E-state index contributed by atoms with van der Waals surface area (Å²) in [4.78, 5) is 12.6. The van der Waals surface area contributed by atoms with Crippen molar-refractivity contribution in [3.8, 4) is 0 Å². The van der Waals surface area contributed by atoms with Gasteiger partial charge in [-0.3, -0.25) is 4.79 Å². The molecule has 2 saturated carbocycles. The van der Waals surface area contributed by atoms with Crippen molar-refractivity contribution >= 4 is 5.91 Å². The number of carbonyl (C=O) groups is 1. The van der Waals surface area contributed by atoms with Crippen LogP contribution >= 0.6 is 0 Å². The first-order chi connectivity index (χ1) is 9.53. The predicted molar refractivity (Wildman–Crippen MR) is 83.6 cm³/mol. The van der Waals surface area contributed by atoms with Gasteiger partial charge in [0, 0.05) is 18.0 Å². The molecule has 2 rings (SSSR count). The van der Waals surface area contributed by atoms with Crippen LogP contribution in [0.3, 0.4) is 0 Å². The van der Waals surface area contributed by atoms with Crippen LogP contribution in [0, 0.1) is 11.3 Å². The molecule has 0 spiro atoms. The molecule has 20 heavy (non-hydrogen) atoms. The molecule has 0 aromatic rings. The lowest BCUT2D eigenvalue weighted by atomic mass is 9.68. The summed E-state index contributed by atoms with van der Waals surface area (Å²) in [6, 6.07) is 1.08. The predicted octanol–water partition coefficient (Wildman–Crippen LogP) is 3.24. The average Bonchev–Trinajstić information content (AvgIpc) is 2.40. The Morgan fingerprint density at radius 1 is 1.05 bits per heavy atom. The summed E-state index contributed by atoms with van der Waals surface area (Å²) in [5.41, 5.74) is 0.184. The Bertz CT molecular complexity index is 319. The van der Waals surface area contributed by atoms with E-state index in [0.29, 0.717) is 18.0 Å². The van der Waals surface area contributed by atoms with Gasteiger partial charge >= 0.3 is 0 Å². The van der Waals surface area contributed by atoms with Crippen LogP contribution in [-0.4, -0.2) is 24.5 Å². The summed E-state index contributed by atoms with van der Waals surface area (Å²) in [5.74, 6) is 0.546. The van der Waals surface area contributed by atoms with Crippen LogP contribution in [-0.2, 0) is 4.79 Å². The molecular weight excluding hydrogens is 248 g/mol. The van der Waals surface area contributed by atoms with Gasteiger partial charge in [-0.25, -0.2) is 0 Å². The monoisotopic (exact) mass is 280 g/mol. The zero-order valence-electron chi connectivity index (χ0n) is 13.5. The van der Waals surface area contributed by atoms with Crippen LogP contribution in [0.15, 0.2) is 0 Å². The highest BCUT2D eigenvalue weighted by Crippen LogP contribution is 2.40. The van der Waals surface area contributed by atoms with E-state index in [4.69, 9.17) is 0 Å². The first kappa shape index (κ1) is 15.8. The van der Waals surface area contributed by atoms with Crippen molar-refractivity contribution in [1.82, 2.24) is 10.6 Å². The van der Waals surface area contributed by atoms with Gasteiger partial charge in [0.05, 0.1) is 0 Å². The Labute approximate surface area is 124 Å². The Balaban J connectivity index is 1.80. The molecule has 3 nitrogen and oxygen atoms in total. The zero-order valence-corrected chi connectivity index (χ0v) is 13.5. The number of hydrogen-bond donors (Lipinski definition) is 2. The molecule has 2 fully saturated rings. The molecule has 0 heterocycles. The van der Waals surface area contributed by atoms with Gasteiger partial charge in [-0.15, -0.1) is 0 Å². The number of amides is 1. The van der Waals surface area contributed by atoms with Crippen molar-refractivity contribution in [3.63, 3.8) is 0 Å². The SMILES string of the molecule is CCNC1CCC(NC(=O)C2CCCCC2(C)C)CC1. The molecular formula is C17H32N2O. The smallest absolute Gasteiger partial charge is 0.223 e. The summed E-state index contributed by atoms with van der Waals surface area (Å²) in [5, 5.41) is 6.86. The fourth-order valence-electron chi connectivity index (χ4n) is 4.01. The lowest BCUT2D eigenvalue weighted by Crippen LogP contribution is -2.47. The highest BCUT2D eigenvalue weighted by Gasteiger charge is 2.37. The van der Waals surface area contributed by atoms with Gasteiger partial charge in [0.15, 0.2) is 0 Å². The highest BCUT2D eigenvalue weighted by molar-refractivity contribution is 5.79. The normalized spacial score (nSPS) is 33.6. The van der Waals surface area contributed by atoms with Gasteiger partial charge in [-0.1, -0.05) is 33.6 Å². The van der Waals surface area contributed by atoms with Crippen molar-refractivity contribution < 1.29 is 4.79 Å². The third kappa shape index (κ3) is 3.97. The minimum atomic E-state index is 0.184. The van der Waals surface area contributed by atoms with Crippen LogP contribution in [0.5, 0.6) is 0 Å². The van der Waals surface area contributed by atoms with Gasteiger partial charge in [-0.05, 0) is 50.5 Å². The fourth-order valence-corrected chi connectivity index (χ4v) is 4.01. The summed E-state index contributed by atoms with van der Waals surface area (Å²) in [6.45, 7) is 7.74. The maximum Gasteiger partial charge on any atom is 0.223 e. The Morgan fingerprint density at radius 3 is 2.30 bits per heavy atom. The van der Waals surface area contributed by atoms with Crippen LogP contribution in [0.25, 0.3) is 0 Å². The largest absolute Gasteiger partial charge is 0.353 e. The van der Waals surface area contributed by atoms with E-state index >= 15 is 0 Å². The van der Waals surface area contributed by atoms with Gasteiger partial charge in [-0.2, -0.15) is 0 Å². The van der Waals surface area contributed by atoms with Crippen molar-refractivity contribution in [2.75, 3.05) is 6.54 Å². The molecule has 1 atom stereocenters. The number of nitrogens with one attached hydrogen (secondary N) is 2. The van der Waals surface area contributed by atoms with Crippen molar-refractivity contribution in [2.24, 2.45) is 11.3 Å². The maximum atomic E-state index is 12.6. The quantitative estimate of drug-likeness (QED) is 0.830. The molecule has 0 saturated heterocycles. The first-order valence-electron chi connectivity index (χ1n) is 8.56. The molecule has 2 aliphatic rings. The van der Waals surface area contributed by atoms with Crippen molar-refractivity contribution in [1.29, 1.82) is 0 Å². The molecule has 1 amide bonds. The first-order valence-corrected chi connectivity index (χ1v) is 8.56. The summed E-state index contributed by atoms with van der Waals surface area (Å²) in [7, 11) is 0. The Kier molecular flexibility index (Phi) is 5.48. The van der Waals surface area contributed by atoms with E-state index < -0.39 is 0 Å². The summed E-state index contributed by atoms with van der Waals surface area (Å²) < 4.78 is 0. The van der Waals surface area contributed by atoms with Crippen molar-refractivity contribution in [2.45, 2.75) is 84.2 Å². The van der Waals surface area contributed by atoms with Crippen LogP contribution in [0.4, 0.5) is 0 Å². The van der Waals surface area contributed by atoms with E-state index in [1.165, 1.54) is 32.1 Å². The average molecular weight is 280 g/mol. The standard InChI is InChI=1S/C17H32N2O/c1-4-18-13-8-10-14(11-9-13)19-16(20)15-7-5-6-12-17(15,2)3/h13-15,18H,4-12H2,1-3H3,(H,19,20). The molecule has 2 N–H and O–H groups in total. The molecule has 1 unspecified atom stereocenters. The molecule has 0 aromatic carbocycles.